The zero-order chi connectivity index (χ0) is 19.3. The molecule has 0 saturated carbocycles. The number of ether oxygens (including phenoxy) is 1. The minimum atomic E-state index is -0.435. The zero-order valence-corrected chi connectivity index (χ0v) is 15.5. The van der Waals surface area contributed by atoms with Gasteiger partial charge in [0, 0.05) is 42.5 Å². The van der Waals surface area contributed by atoms with Crippen molar-refractivity contribution in [2.24, 2.45) is 5.73 Å². The van der Waals surface area contributed by atoms with E-state index in [-0.39, 0.29) is 0 Å². The fourth-order valence-corrected chi connectivity index (χ4v) is 3.28. The fourth-order valence-electron chi connectivity index (χ4n) is 3.28. The maximum atomic E-state index is 11.2. The van der Waals surface area contributed by atoms with Crippen molar-refractivity contribution in [1.82, 2.24) is 9.97 Å². The number of nitrogens with zero attached hydrogens (tertiary/aromatic N) is 3. The van der Waals surface area contributed by atoms with Crippen molar-refractivity contribution in [1.29, 1.82) is 0 Å². The van der Waals surface area contributed by atoms with Gasteiger partial charge in [0.05, 0.1) is 18.9 Å². The Kier molecular flexibility index (Phi) is 5.30. The summed E-state index contributed by atoms with van der Waals surface area (Å²) in [5.74, 6) is 0.325. The van der Waals surface area contributed by atoms with E-state index in [1.807, 2.05) is 18.2 Å². The molecule has 142 valence electrons. The van der Waals surface area contributed by atoms with Gasteiger partial charge in [0.1, 0.15) is 5.82 Å². The van der Waals surface area contributed by atoms with Crippen LogP contribution in [0.1, 0.15) is 21.7 Å². The Hall–Kier alpha value is -3.25. The number of benzene rings is 2. The zero-order valence-electron chi connectivity index (χ0n) is 15.5. The predicted octanol–water partition coefficient (Wildman–Crippen LogP) is 2.67. The lowest BCUT2D eigenvalue weighted by Crippen LogP contribution is -2.36. The lowest BCUT2D eigenvalue weighted by Gasteiger charge is -2.28. The molecular formula is C22H22N4O2. The molecule has 0 atom stereocenters. The molecule has 2 N–H and O–H groups in total. The average Bonchev–Trinajstić information content (AvgIpc) is 2.75. The molecule has 6 nitrogen and oxygen atoms in total. The van der Waals surface area contributed by atoms with Crippen molar-refractivity contribution < 1.29 is 9.53 Å². The van der Waals surface area contributed by atoms with E-state index in [9.17, 15) is 4.79 Å². The molecule has 2 aromatic carbocycles. The summed E-state index contributed by atoms with van der Waals surface area (Å²) in [5.41, 5.74) is 9.92. The first-order chi connectivity index (χ1) is 13.7. The summed E-state index contributed by atoms with van der Waals surface area (Å²) >= 11 is 0. The largest absolute Gasteiger partial charge is 0.378 e. The van der Waals surface area contributed by atoms with E-state index < -0.39 is 5.91 Å². The van der Waals surface area contributed by atoms with Crippen molar-refractivity contribution in [3.63, 3.8) is 0 Å². The van der Waals surface area contributed by atoms with Crippen molar-refractivity contribution in [2.75, 3.05) is 31.2 Å². The molecule has 6 heteroatoms. The van der Waals surface area contributed by atoms with Crippen LogP contribution in [0.3, 0.4) is 0 Å². The SMILES string of the molecule is NC(=O)c1ccc(-c2ccnc(Cc3ccc(N4CCOCC4)cc3)n2)cc1. The molecule has 1 aliphatic heterocycles. The summed E-state index contributed by atoms with van der Waals surface area (Å²) in [7, 11) is 0. The van der Waals surface area contributed by atoms with E-state index in [0.717, 1.165) is 43.4 Å². The topological polar surface area (TPSA) is 81.3 Å². The maximum absolute atomic E-state index is 11.2. The van der Waals surface area contributed by atoms with Crippen molar-refractivity contribution in [2.45, 2.75) is 6.42 Å². The van der Waals surface area contributed by atoms with Gasteiger partial charge in [-0.25, -0.2) is 9.97 Å². The second kappa shape index (κ2) is 8.19. The third-order valence-electron chi connectivity index (χ3n) is 4.85. The Bertz CT molecular complexity index is 949. The molecule has 3 aromatic rings. The van der Waals surface area contributed by atoms with Gasteiger partial charge in [-0.1, -0.05) is 24.3 Å². The number of carbonyl (C=O) groups excluding carboxylic acids is 1. The molecule has 1 aromatic heterocycles. The van der Waals surface area contributed by atoms with Crippen molar-refractivity contribution >= 4 is 11.6 Å². The van der Waals surface area contributed by atoms with Gasteiger partial charge < -0.3 is 15.4 Å². The molecule has 1 fully saturated rings. The second-order valence-corrected chi connectivity index (χ2v) is 6.74. The van der Waals surface area contributed by atoms with Gasteiger partial charge in [-0.3, -0.25) is 4.79 Å². The number of carbonyl (C=O) groups is 1. The average molecular weight is 374 g/mol. The second-order valence-electron chi connectivity index (χ2n) is 6.74. The Labute approximate surface area is 164 Å². The van der Waals surface area contributed by atoms with Crippen LogP contribution in [0, 0.1) is 0 Å². The van der Waals surface area contributed by atoms with Gasteiger partial charge in [-0.2, -0.15) is 0 Å². The number of hydrogen-bond donors (Lipinski definition) is 1. The lowest BCUT2D eigenvalue weighted by molar-refractivity contribution is 0.100. The minimum Gasteiger partial charge on any atom is -0.378 e. The Morgan fingerprint density at radius 3 is 2.39 bits per heavy atom. The number of primary amides is 1. The normalized spacial score (nSPS) is 14.1. The van der Waals surface area contributed by atoms with E-state index in [1.165, 1.54) is 11.3 Å². The Morgan fingerprint density at radius 2 is 1.71 bits per heavy atom. The third-order valence-corrected chi connectivity index (χ3v) is 4.85. The van der Waals surface area contributed by atoms with Crippen molar-refractivity contribution in [3.8, 4) is 11.3 Å². The summed E-state index contributed by atoms with van der Waals surface area (Å²) in [6.07, 6.45) is 2.43. The molecule has 0 unspecified atom stereocenters. The number of anilines is 1. The minimum absolute atomic E-state index is 0.435. The number of aromatic nitrogens is 2. The standard InChI is InChI=1S/C22H22N4O2/c23-22(27)18-5-3-17(4-6-18)20-9-10-24-21(25-20)15-16-1-7-19(8-2-16)26-11-13-28-14-12-26/h1-10H,11-15H2,(H2,23,27). The van der Waals surface area contributed by atoms with Crippen LogP contribution in [0.15, 0.2) is 60.8 Å². The van der Waals surface area contributed by atoms with Crippen LogP contribution in [-0.4, -0.2) is 42.2 Å². The summed E-state index contributed by atoms with van der Waals surface area (Å²) in [6, 6.07) is 17.5. The monoisotopic (exact) mass is 374 g/mol. The summed E-state index contributed by atoms with van der Waals surface area (Å²) < 4.78 is 5.41. The van der Waals surface area contributed by atoms with Gasteiger partial charge in [0.2, 0.25) is 5.91 Å². The fraction of sp³-hybridized carbons (Fsp3) is 0.227. The smallest absolute Gasteiger partial charge is 0.248 e. The lowest BCUT2D eigenvalue weighted by atomic mass is 10.1. The number of hydrogen-bond acceptors (Lipinski definition) is 5. The molecule has 0 spiro atoms. The molecule has 1 saturated heterocycles. The first-order valence-electron chi connectivity index (χ1n) is 9.33. The van der Waals surface area contributed by atoms with E-state index >= 15 is 0 Å². The Balaban J connectivity index is 1.48. The van der Waals surface area contributed by atoms with E-state index in [1.54, 1.807) is 18.3 Å². The molecular weight excluding hydrogens is 352 g/mol. The van der Waals surface area contributed by atoms with E-state index in [4.69, 9.17) is 10.5 Å². The van der Waals surface area contributed by atoms with Gasteiger partial charge in [0.25, 0.3) is 0 Å². The highest BCUT2D eigenvalue weighted by Gasteiger charge is 2.11. The number of amides is 1. The van der Waals surface area contributed by atoms with Crippen LogP contribution in [0.2, 0.25) is 0 Å². The first kappa shape index (κ1) is 18.1. The summed E-state index contributed by atoms with van der Waals surface area (Å²) in [4.78, 5) is 22.6. The third kappa shape index (κ3) is 4.18. The van der Waals surface area contributed by atoms with Crippen molar-refractivity contribution in [3.05, 3.63) is 77.7 Å². The number of nitrogens with two attached hydrogens (primary N) is 1. The van der Waals surface area contributed by atoms with Crippen LogP contribution in [0.5, 0.6) is 0 Å². The molecule has 28 heavy (non-hydrogen) atoms. The van der Waals surface area contributed by atoms with Gasteiger partial charge in [0.15, 0.2) is 0 Å². The quantitative estimate of drug-likeness (QED) is 0.743. The van der Waals surface area contributed by atoms with Crippen LogP contribution in [0.25, 0.3) is 11.3 Å². The molecule has 0 aliphatic carbocycles. The molecule has 2 heterocycles. The van der Waals surface area contributed by atoms with E-state index in [0.29, 0.717) is 12.0 Å². The highest BCUT2D eigenvalue weighted by atomic mass is 16.5. The van der Waals surface area contributed by atoms with Gasteiger partial charge in [-0.05, 0) is 35.9 Å². The highest BCUT2D eigenvalue weighted by Crippen LogP contribution is 2.20. The van der Waals surface area contributed by atoms with Gasteiger partial charge >= 0.3 is 0 Å². The number of morpholine rings is 1. The van der Waals surface area contributed by atoms with Gasteiger partial charge in [-0.15, -0.1) is 0 Å². The van der Waals surface area contributed by atoms with E-state index in [2.05, 4.69) is 39.1 Å². The van der Waals surface area contributed by atoms with Crippen LogP contribution < -0.4 is 10.6 Å². The van der Waals surface area contributed by atoms with Crippen LogP contribution >= 0.6 is 0 Å². The summed E-state index contributed by atoms with van der Waals surface area (Å²) in [5, 5.41) is 0. The van der Waals surface area contributed by atoms with Crippen LogP contribution in [0.4, 0.5) is 5.69 Å². The first-order valence-corrected chi connectivity index (χ1v) is 9.33. The molecule has 4 rings (SSSR count). The summed E-state index contributed by atoms with van der Waals surface area (Å²) in [6.45, 7) is 3.42. The molecule has 0 radical (unpaired) electrons. The molecule has 0 bridgehead atoms. The maximum Gasteiger partial charge on any atom is 0.248 e. The molecule has 1 aliphatic rings. The van der Waals surface area contributed by atoms with Crippen LogP contribution in [-0.2, 0) is 11.2 Å². The Morgan fingerprint density at radius 1 is 1.00 bits per heavy atom. The highest BCUT2D eigenvalue weighted by molar-refractivity contribution is 5.93. The number of rotatable bonds is 5. The molecule has 1 amide bonds. The predicted molar refractivity (Wildman–Crippen MR) is 108 cm³/mol.